The maximum atomic E-state index is 13.2. The van der Waals surface area contributed by atoms with Crippen LogP contribution in [0.15, 0.2) is 42.7 Å². The number of rotatable bonds is 10. The van der Waals surface area contributed by atoms with E-state index in [2.05, 4.69) is 15.3 Å². The van der Waals surface area contributed by atoms with Crippen LogP contribution in [0.3, 0.4) is 0 Å². The topological polar surface area (TPSA) is 136 Å². The third-order valence-corrected chi connectivity index (χ3v) is 5.53. The van der Waals surface area contributed by atoms with Gasteiger partial charge in [0.05, 0.1) is 17.6 Å². The first-order chi connectivity index (χ1) is 16.3. The molecule has 0 saturated heterocycles. The van der Waals surface area contributed by atoms with Crippen molar-refractivity contribution in [3.8, 4) is 5.75 Å². The van der Waals surface area contributed by atoms with E-state index in [0.29, 0.717) is 24.3 Å². The number of hydroxylamine groups is 1. The van der Waals surface area contributed by atoms with E-state index < -0.39 is 22.8 Å². The Balaban J connectivity index is 0.000000273. The van der Waals surface area contributed by atoms with E-state index in [4.69, 9.17) is 21.5 Å². The zero-order valence-corrected chi connectivity index (χ0v) is 20.0. The molecule has 184 valence electrons. The molecule has 0 fully saturated rings. The van der Waals surface area contributed by atoms with Crippen LogP contribution in [0, 0.1) is 5.82 Å². The second kappa shape index (κ2) is 14.4. The highest BCUT2D eigenvalue weighted by atomic mass is 35.5. The molecule has 1 unspecified atom stereocenters. The zero-order chi connectivity index (χ0) is 24.9. The molecule has 0 aliphatic carbocycles. The highest BCUT2D eigenvalue weighted by Crippen LogP contribution is 2.27. The van der Waals surface area contributed by atoms with Crippen molar-refractivity contribution in [2.75, 3.05) is 18.2 Å². The Morgan fingerprint density at radius 3 is 2.62 bits per heavy atom. The van der Waals surface area contributed by atoms with Crippen LogP contribution in [0.5, 0.6) is 5.75 Å². The van der Waals surface area contributed by atoms with Gasteiger partial charge >= 0.3 is 0 Å². The summed E-state index contributed by atoms with van der Waals surface area (Å²) in [5.41, 5.74) is 2.94. The van der Waals surface area contributed by atoms with Crippen LogP contribution in [0.25, 0.3) is 10.9 Å². The number of amides is 1. The second-order valence-corrected chi connectivity index (χ2v) is 8.49. The summed E-state index contributed by atoms with van der Waals surface area (Å²) in [5, 5.41) is 12.1. The average Bonchev–Trinajstić information content (AvgIpc) is 2.83. The smallest absolute Gasteiger partial charge is 0.243 e. The molecule has 0 radical (unpaired) electrons. The summed E-state index contributed by atoms with van der Waals surface area (Å²) < 4.78 is 38.5. The molecule has 3 N–H and O–H groups in total. The lowest BCUT2D eigenvalue weighted by Crippen LogP contribution is -2.17. The molecule has 1 amide bonds. The summed E-state index contributed by atoms with van der Waals surface area (Å²) in [7, 11) is 1.60. The number of nitrogens with one attached hydrogen (secondary N) is 2. The molecule has 0 aliphatic rings. The number of methoxy groups -OCH3 is 1. The lowest BCUT2D eigenvalue weighted by atomic mass is 10.1. The molecule has 9 nitrogen and oxygen atoms in total. The first kappa shape index (κ1) is 27.4. The maximum Gasteiger partial charge on any atom is 0.243 e. The number of ether oxygens (including phenoxy) is 1. The van der Waals surface area contributed by atoms with Gasteiger partial charge in [-0.15, -0.1) is 0 Å². The molecule has 1 atom stereocenters. The fraction of sp³-hybridized carbons (Fsp3) is 0.318. The van der Waals surface area contributed by atoms with Gasteiger partial charge in [-0.3, -0.25) is 14.2 Å². The Labute approximate surface area is 204 Å². The normalized spacial score (nSPS) is 11.3. The van der Waals surface area contributed by atoms with Crippen LogP contribution in [-0.2, 0) is 15.9 Å². The molecule has 1 aromatic heterocycles. The summed E-state index contributed by atoms with van der Waals surface area (Å²) in [6.45, 7) is 0. The third kappa shape index (κ3) is 9.18. The van der Waals surface area contributed by atoms with Crippen molar-refractivity contribution in [2.45, 2.75) is 32.1 Å². The fourth-order valence-electron chi connectivity index (χ4n) is 2.89. The summed E-state index contributed by atoms with van der Waals surface area (Å²) in [6.07, 6.45) is 4.66. The quantitative estimate of drug-likeness (QED) is 0.157. The Morgan fingerprint density at radius 2 is 1.94 bits per heavy atom. The van der Waals surface area contributed by atoms with Crippen molar-refractivity contribution in [1.29, 1.82) is 0 Å². The van der Waals surface area contributed by atoms with Crippen LogP contribution in [0.4, 0.5) is 15.9 Å². The van der Waals surface area contributed by atoms with Crippen LogP contribution < -0.4 is 15.5 Å². The van der Waals surface area contributed by atoms with Crippen molar-refractivity contribution >= 4 is 51.0 Å². The highest BCUT2D eigenvalue weighted by molar-refractivity contribution is 7.79. The Bertz CT molecular complexity index is 1120. The minimum Gasteiger partial charge on any atom is -0.772 e. The summed E-state index contributed by atoms with van der Waals surface area (Å²) >= 11 is 3.82. The molecule has 3 rings (SSSR count). The fourth-order valence-corrected chi connectivity index (χ4v) is 3.51. The number of hydrogen-bond acceptors (Lipinski definition) is 8. The van der Waals surface area contributed by atoms with Crippen LogP contribution in [-0.4, -0.2) is 42.7 Å². The molecule has 3 aromatic rings. The second-order valence-electron chi connectivity index (χ2n) is 7.07. The molecule has 12 heteroatoms. The van der Waals surface area contributed by atoms with Crippen molar-refractivity contribution < 1.29 is 27.9 Å². The molecule has 0 bridgehead atoms. The van der Waals surface area contributed by atoms with Gasteiger partial charge in [0.15, 0.2) is 0 Å². The molecular weight excluding hydrogens is 487 g/mol. The van der Waals surface area contributed by atoms with Gasteiger partial charge < -0.3 is 14.6 Å². The molecule has 2 aromatic carbocycles. The maximum absolute atomic E-state index is 13.2. The van der Waals surface area contributed by atoms with E-state index in [0.717, 1.165) is 29.5 Å². The number of anilines is 2. The summed E-state index contributed by atoms with van der Waals surface area (Å²) in [5.74, 6) is 0.667. The number of nitrogens with zero attached hydrogens (tertiary/aromatic N) is 2. The number of carbonyl (C=O) groups is 1. The highest BCUT2D eigenvalue weighted by Gasteiger charge is 2.07. The van der Waals surface area contributed by atoms with E-state index in [9.17, 15) is 17.9 Å². The SMILES string of the molecule is COc1ccc2c(Nc3ccc(F)c(Cl)c3)ncnc2c1.O=C(CCCCCCS(=O)[O-])NO. The Kier molecular flexibility index (Phi) is 11.6. The van der Waals surface area contributed by atoms with Crippen molar-refractivity contribution in [1.82, 2.24) is 15.4 Å². The van der Waals surface area contributed by atoms with E-state index in [1.165, 1.54) is 23.9 Å². The summed E-state index contributed by atoms with van der Waals surface area (Å²) in [6, 6.07) is 9.92. The number of fused-ring (bicyclic) bond motifs is 1. The standard InChI is InChI=1S/C15H11ClFN3O.C7H15NO4S/c1-21-10-3-4-11-14(7-10)18-8-19-15(11)20-9-2-5-13(17)12(16)6-9;9-7(8-10)5-3-1-2-4-6-13(11)12/h2-8H,1H3,(H,18,19,20);10H,1-6H2,(H,8,9)(H,11,12)/p-1. The zero-order valence-electron chi connectivity index (χ0n) is 18.4. The lowest BCUT2D eigenvalue weighted by Gasteiger charge is -2.09. The van der Waals surface area contributed by atoms with Gasteiger partial charge in [0.1, 0.15) is 23.7 Å². The van der Waals surface area contributed by atoms with Gasteiger partial charge in [-0.25, -0.2) is 19.8 Å². The third-order valence-electron chi connectivity index (χ3n) is 4.62. The largest absolute Gasteiger partial charge is 0.772 e. The number of halogens is 2. The van der Waals surface area contributed by atoms with Crippen molar-refractivity contribution in [3.05, 3.63) is 53.6 Å². The van der Waals surface area contributed by atoms with Gasteiger partial charge in [0.2, 0.25) is 5.91 Å². The Hall–Kier alpha value is -2.86. The molecule has 0 spiro atoms. The predicted octanol–water partition coefficient (Wildman–Crippen LogP) is 4.50. The Morgan fingerprint density at radius 1 is 1.18 bits per heavy atom. The number of aromatic nitrogens is 2. The molecule has 34 heavy (non-hydrogen) atoms. The van der Waals surface area contributed by atoms with E-state index in [-0.39, 0.29) is 17.2 Å². The van der Waals surface area contributed by atoms with E-state index >= 15 is 0 Å². The summed E-state index contributed by atoms with van der Waals surface area (Å²) in [4.78, 5) is 18.9. The molecule has 0 saturated carbocycles. The minimum absolute atomic E-state index is 0.0556. The average molecular weight is 512 g/mol. The number of benzene rings is 2. The van der Waals surface area contributed by atoms with Crippen LogP contribution >= 0.6 is 11.6 Å². The van der Waals surface area contributed by atoms with Crippen LogP contribution in [0.2, 0.25) is 5.02 Å². The number of hydrogen-bond donors (Lipinski definition) is 3. The van der Waals surface area contributed by atoms with Crippen molar-refractivity contribution in [3.63, 3.8) is 0 Å². The van der Waals surface area contributed by atoms with Crippen molar-refractivity contribution in [2.24, 2.45) is 0 Å². The molecular formula is C22H25ClFN4O5S-. The van der Waals surface area contributed by atoms with Gasteiger partial charge in [-0.05, 0) is 43.2 Å². The number of carbonyl (C=O) groups excluding carboxylic acids is 1. The first-order valence-corrected chi connectivity index (χ1v) is 12.0. The van der Waals surface area contributed by atoms with Gasteiger partial charge in [-0.2, -0.15) is 0 Å². The monoisotopic (exact) mass is 511 g/mol. The lowest BCUT2D eigenvalue weighted by molar-refractivity contribution is -0.129. The van der Waals surface area contributed by atoms with Gasteiger partial charge in [-0.1, -0.05) is 35.5 Å². The minimum atomic E-state index is -1.95. The van der Waals surface area contributed by atoms with Gasteiger partial charge in [0.25, 0.3) is 0 Å². The van der Waals surface area contributed by atoms with E-state index in [1.54, 1.807) is 13.2 Å². The molecule has 1 heterocycles. The molecule has 0 aliphatic heterocycles. The van der Waals surface area contributed by atoms with E-state index in [1.807, 2.05) is 18.2 Å². The van der Waals surface area contributed by atoms with Gasteiger partial charge in [0, 0.05) is 29.3 Å². The predicted molar refractivity (Wildman–Crippen MR) is 128 cm³/mol. The number of unbranched alkanes of at least 4 members (excludes halogenated alkanes) is 3. The van der Waals surface area contributed by atoms with Crippen LogP contribution in [0.1, 0.15) is 32.1 Å². The first-order valence-electron chi connectivity index (χ1n) is 10.3.